The molecule has 2 N–H and O–H groups in total. The number of ether oxygens (including phenoxy) is 2. The van der Waals surface area contributed by atoms with Crippen molar-refractivity contribution < 1.29 is 24.3 Å². The number of carbonyl (C=O) groups is 1. The fourth-order valence-electron chi connectivity index (χ4n) is 1.06. The van der Waals surface area contributed by atoms with Gasteiger partial charge in [0.15, 0.2) is 0 Å². The van der Waals surface area contributed by atoms with Gasteiger partial charge in [-0.25, -0.2) is 9.78 Å². The lowest BCUT2D eigenvalue weighted by Gasteiger charge is -2.07. The third-order valence-electron chi connectivity index (χ3n) is 1.80. The Bertz CT molecular complexity index is 368. The van der Waals surface area contributed by atoms with E-state index < -0.39 is 13.1 Å². The summed E-state index contributed by atoms with van der Waals surface area (Å²) in [5.41, 5.74) is -0.0120. The minimum Gasteiger partial charge on any atom is -0.481 e. The van der Waals surface area contributed by atoms with E-state index >= 15 is 0 Å². The molecule has 15 heavy (non-hydrogen) atoms. The minimum absolute atomic E-state index is 0.00583. The maximum atomic E-state index is 11.2. The molecule has 0 atom stereocenters. The predicted octanol–water partition coefficient (Wildman–Crippen LogP) is -1.44. The molecule has 0 unspecified atom stereocenters. The highest BCUT2D eigenvalue weighted by atomic mass is 16.5. The average Bonchev–Trinajstić information content (AvgIpc) is 2.27. The summed E-state index contributed by atoms with van der Waals surface area (Å²) in [6, 6.07) is 1.26. The molecule has 80 valence electrons. The zero-order valence-corrected chi connectivity index (χ0v) is 8.30. The molecule has 0 fully saturated rings. The molecular formula is C8H10BNO5. The quantitative estimate of drug-likeness (QED) is 0.470. The topological polar surface area (TPSA) is 88.9 Å². The Morgan fingerprint density at radius 1 is 1.47 bits per heavy atom. The number of hydrogen-bond donors (Lipinski definition) is 2. The van der Waals surface area contributed by atoms with Crippen molar-refractivity contribution in [2.24, 2.45) is 0 Å². The Balaban J connectivity index is 3.21. The van der Waals surface area contributed by atoms with Crippen LogP contribution in [0.5, 0.6) is 5.88 Å². The third kappa shape index (κ3) is 2.45. The number of carbonyl (C=O) groups excluding carboxylic acids is 1. The van der Waals surface area contributed by atoms with E-state index in [2.05, 4.69) is 9.72 Å². The molecule has 0 bridgehead atoms. The second kappa shape index (κ2) is 4.76. The largest absolute Gasteiger partial charge is 0.489 e. The van der Waals surface area contributed by atoms with E-state index in [9.17, 15) is 4.79 Å². The van der Waals surface area contributed by atoms with Crippen LogP contribution in [0.1, 0.15) is 10.4 Å². The number of pyridine rings is 1. The Kier molecular flexibility index (Phi) is 3.65. The smallest absolute Gasteiger partial charge is 0.481 e. The van der Waals surface area contributed by atoms with Gasteiger partial charge in [-0.05, 0) is 0 Å². The Morgan fingerprint density at radius 2 is 2.13 bits per heavy atom. The standard InChI is InChI=1S/C8H10BNO5/c1-14-7-3-6(9(12)13)5(4-10-7)8(11)15-2/h3-4,12-13H,1-2H3. The Morgan fingerprint density at radius 3 is 2.60 bits per heavy atom. The van der Waals surface area contributed by atoms with Crippen molar-refractivity contribution in [3.8, 4) is 5.88 Å². The first kappa shape index (κ1) is 11.5. The summed E-state index contributed by atoms with van der Waals surface area (Å²) < 4.78 is 9.25. The summed E-state index contributed by atoms with van der Waals surface area (Å²) in [4.78, 5) is 15.0. The lowest BCUT2D eigenvalue weighted by molar-refractivity contribution is 0.0601. The number of nitrogens with zero attached hydrogens (tertiary/aromatic N) is 1. The lowest BCUT2D eigenvalue weighted by Crippen LogP contribution is -2.35. The van der Waals surface area contributed by atoms with Gasteiger partial charge >= 0.3 is 13.1 Å². The van der Waals surface area contributed by atoms with E-state index in [1.165, 1.54) is 26.5 Å². The lowest BCUT2D eigenvalue weighted by atomic mass is 9.78. The van der Waals surface area contributed by atoms with Crippen LogP contribution in [0.15, 0.2) is 12.3 Å². The molecule has 1 aromatic heterocycles. The van der Waals surface area contributed by atoms with Gasteiger partial charge in [0.1, 0.15) is 0 Å². The molecule has 0 aromatic carbocycles. The Hall–Kier alpha value is -1.60. The minimum atomic E-state index is -1.78. The zero-order valence-electron chi connectivity index (χ0n) is 8.30. The van der Waals surface area contributed by atoms with Crippen LogP contribution >= 0.6 is 0 Å². The van der Waals surface area contributed by atoms with Gasteiger partial charge in [0.05, 0.1) is 19.8 Å². The van der Waals surface area contributed by atoms with E-state index in [1.54, 1.807) is 0 Å². The SMILES string of the molecule is COC(=O)c1cnc(OC)cc1B(O)O. The first-order valence-electron chi connectivity index (χ1n) is 4.08. The molecule has 0 aliphatic heterocycles. The highest BCUT2D eigenvalue weighted by Gasteiger charge is 2.22. The van der Waals surface area contributed by atoms with Crippen LogP contribution in [-0.2, 0) is 4.74 Å². The van der Waals surface area contributed by atoms with Crippen LogP contribution in [-0.4, -0.2) is 42.3 Å². The van der Waals surface area contributed by atoms with Crippen molar-refractivity contribution >= 4 is 18.6 Å². The fraction of sp³-hybridized carbons (Fsp3) is 0.250. The van der Waals surface area contributed by atoms with E-state index in [4.69, 9.17) is 14.8 Å². The summed E-state index contributed by atoms with van der Waals surface area (Å²) in [5.74, 6) is -0.501. The van der Waals surface area contributed by atoms with Crippen molar-refractivity contribution in [3.05, 3.63) is 17.8 Å². The van der Waals surface area contributed by atoms with Crippen LogP contribution in [0, 0.1) is 0 Å². The van der Waals surface area contributed by atoms with Crippen molar-refractivity contribution in [2.75, 3.05) is 14.2 Å². The Labute approximate surface area is 86.6 Å². The second-order valence-electron chi connectivity index (χ2n) is 2.68. The molecule has 0 spiro atoms. The summed E-state index contributed by atoms with van der Waals surface area (Å²) in [6.45, 7) is 0. The summed E-state index contributed by atoms with van der Waals surface area (Å²) >= 11 is 0. The normalized spacial score (nSPS) is 9.60. The van der Waals surface area contributed by atoms with Gasteiger partial charge in [0, 0.05) is 17.7 Å². The molecule has 1 heterocycles. The second-order valence-corrected chi connectivity index (χ2v) is 2.68. The molecule has 0 saturated heterocycles. The van der Waals surface area contributed by atoms with Gasteiger partial charge in [-0.3, -0.25) is 0 Å². The van der Waals surface area contributed by atoms with Gasteiger partial charge < -0.3 is 19.5 Å². The first-order valence-corrected chi connectivity index (χ1v) is 4.08. The predicted molar refractivity (Wildman–Crippen MR) is 52.0 cm³/mol. The third-order valence-corrected chi connectivity index (χ3v) is 1.80. The monoisotopic (exact) mass is 211 g/mol. The van der Waals surface area contributed by atoms with Crippen molar-refractivity contribution in [2.45, 2.75) is 0 Å². The van der Waals surface area contributed by atoms with Gasteiger partial charge in [-0.15, -0.1) is 0 Å². The number of hydrogen-bond acceptors (Lipinski definition) is 6. The van der Waals surface area contributed by atoms with Crippen LogP contribution in [0.2, 0.25) is 0 Å². The molecule has 7 heteroatoms. The van der Waals surface area contributed by atoms with Crippen LogP contribution in [0.3, 0.4) is 0 Å². The molecule has 1 aromatic rings. The molecule has 6 nitrogen and oxygen atoms in total. The highest BCUT2D eigenvalue weighted by Crippen LogP contribution is 2.06. The number of esters is 1. The molecule has 0 radical (unpaired) electrons. The summed E-state index contributed by atoms with van der Waals surface area (Å²) in [5, 5.41) is 18.1. The molecule has 0 amide bonds. The van der Waals surface area contributed by atoms with Crippen LogP contribution in [0.4, 0.5) is 0 Å². The summed E-state index contributed by atoms with van der Waals surface area (Å²) in [6.07, 6.45) is 1.17. The van der Waals surface area contributed by atoms with Gasteiger partial charge in [0.2, 0.25) is 5.88 Å². The number of methoxy groups -OCH3 is 2. The fourth-order valence-corrected chi connectivity index (χ4v) is 1.06. The van der Waals surface area contributed by atoms with Gasteiger partial charge in [-0.2, -0.15) is 0 Å². The van der Waals surface area contributed by atoms with Crippen LogP contribution in [0.25, 0.3) is 0 Å². The van der Waals surface area contributed by atoms with E-state index in [-0.39, 0.29) is 16.9 Å². The van der Waals surface area contributed by atoms with E-state index in [0.717, 1.165) is 0 Å². The first-order chi connectivity index (χ1) is 7.10. The molecular weight excluding hydrogens is 201 g/mol. The summed E-state index contributed by atoms with van der Waals surface area (Å²) in [7, 11) is 0.796. The molecule has 0 aliphatic carbocycles. The zero-order chi connectivity index (χ0) is 11.4. The number of rotatable bonds is 3. The highest BCUT2D eigenvalue weighted by molar-refractivity contribution is 6.60. The van der Waals surface area contributed by atoms with E-state index in [1.807, 2.05) is 0 Å². The van der Waals surface area contributed by atoms with Crippen molar-refractivity contribution in [3.63, 3.8) is 0 Å². The molecule has 1 rings (SSSR count). The van der Waals surface area contributed by atoms with Crippen molar-refractivity contribution in [1.29, 1.82) is 0 Å². The molecule has 0 aliphatic rings. The van der Waals surface area contributed by atoms with Gasteiger partial charge in [0.25, 0.3) is 0 Å². The van der Waals surface area contributed by atoms with Gasteiger partial charge in [-0.1, -0.05) is 0 Å². The van der Waals surface area contributed by atoms with Crippen molar-refractivity contribution in [1.82, 2.24) is 4.98 Å². The maximum absolute atomic E-state index is 11.2. The average molecular weight is 211 g/mol. The van der Waals surface area contributed by atoms with E-state index in [0.29, 0.717) is 0 Å². The number of aromatic nitrogens is 1. The van der Waals surface area contributed by atoms with Crippen LogP contribution < -0.4 is 10.2 Å². The maximum Gasteiger partial charge on any atom is 0.489 e. The molecule has 0 saturated carbocycles.